The highest BCUT2D eigenvalue weighted by Gasteiger charge is 2.17. The smallest absolute Gasteiger partial charge is 0.191 e. The zero-order valence-electron chi connectivity index (χ0n) is 18.7. The fourth-order valence-corrected chi connectivity index (χ4v) is 4.09. The summed E-state index contributed by atoms with van der Waals surface area (Å²) in [7, 11) is 0. The summed E-state index contributed by atoms with van der Waals surface area (Å²) >= 11 is 1.73. The summed E-state index contributed by atoms with van der Waals surface area (Å²) in [4.78, 5) is 12.6. The van der Waals surface area contributed by atoms with Gasteiger partial charge in [0.15, 0.2) is 5.96 Å². The van der Waals surface area contributed by atoms with Crippen LogP contribution in [-0.2, 0) is 11.3 Å². The highest BCUT2D eigenvalue weighted by Crippen LogP contribution is 2.18. The first-order valence-corrected chi connectivity index (χ1v) is 11.8. The molecular formula is C23H33FIN5OS. The lowest BCUT2D eigenvalue weighted by Gasteiger charge is -2.32. The second-order valence-electron chi connectivity index (χ2n) is 7.43. The number of pyridine rings is 1. The van der Waals surface area contributed by atoms with Gasteiger partial charge in [-0.3, -0.25) is 0 Å². The minimum Gasteiger partial charge on any atom is -0.375 e. The number of morpholine rings is 1. The molecule has 1 saturated heterocycles. The Morgan fingerprint density at radius 1 is 1.25 bits per heavy atom. The van der Waals surface area contributed by atoms with E-state index in [1.807, 2.05) is 18.3 Å². The normalized spacial score (nSPS) is 16.4. The molecule has 0 bridgehead atoms. The van der Waals surface area contributed by atoms with Gasteiger partial charge in [-0.1, -0.05) is 6.07 Å². The van der Waals surface area contributed by atoms with E-state index in [1.54, 1.807) is 11.8 Å². The van der Waals surface area contributed by atoms with Crippen LogP contribution in [0.4, 0.5) is 10.2 Å². The highest BCUT2D eigenvalue weighted by atomic mass is 127. The molecule has 1 aromatic carbocycles. The third-order valence-electron chi connectivity index (χ3n) is 4.83. The van der Waals surface area contributed by atoms with Gasteiger partial charge in [-0.05, 0) is 61.9 Å². The van der Waals surface area contributed by atoms with Crippen LogP contribution in [0.15, 0.2) is 52.5 Å². The van der Waals surface area contributed by atoms with Gasteiger partial charge >= 0.3 is 0 Å². The molecule has 3 rings (SSSR count). The lowest BCUT2D eigenvalue weighted by molar-refractivity contribution is 0.0529. The number of ether oxygens (including phenoxy) is 1. The minimum atomic E-state index is -0.196. The fraction of sp³-hybridized carbons (Fsp3) is 0.478. The first-order chi connectivity index (χ1) is 15.1. The molecule has 2 aromatic rings. The van der Waals surface area contributed by atoms with Crippen molar-refractivity contribution in [2.24, 2.45) is 4.99 Å². The van der Waals surface area contributed by atoms with Gasteiger partial charge < -0.3 is 20.3 Å². The van der Waals surface area contributed by atoms with E-state index in [9.17, 15) is 4.39 Å². The van der Waals surface area contributed by atoms with Gasteiger partial charge in [0, 0.05) is 37.3 Å². The lowest BCUT2D eigenvalue weighted by atomic mass is 10.2. The number of guanidine groups is 1. The van der Waals surface area contributed by atoms with Gasteiger partial charge in [-0.25, -0.2) is 14.4 Å². The Morgan fingerprint density at radius 3 is 2.75 bits per heavy atom. The number of thioether (sulfide) groups is 1. The Bertz CT molecular complexity index is 822. The molecule has 1 aliphatic rings. The maximum Gasteiger partial charge on any atom is 0.191 e. The second-order valence-corrected chi connectivity index (χ2v) is 8.60. The van der Waals surface area contributed by atoms with Crippen molar-refractivity contribution in [2.45, 2.75) is 37.8 Å². The van der Waals surface area contributed by atoms with Gasteiger partial charge in [-0.2, -0.15) is 0 Å². The molecule has 1 aliphatic heterocycles. The lowest BCUT2D eigenvalue weighted by Crippen LogP contribution is -2.41. The van der Waals surface area contributed by atoms with Crippen molar-refractivity contribution >= 4 is 47.5 Å². The van der Waals surface area contributed by atoms with Gasteiger partial charge in [0.1, 0.15) is 11.6 Å². The number of halogens is 2. The minimum absolute atomic E-state index is 0. The molecular weight excluding hydrogens is 540 g/mol. The maximum absolute atomic E-state index is 13.0. The maximum atomic E-state index is 13.0. The van der Waals surface area contributed by atoms with E-state index in [-0.39, 0.29) is 35.9 Å². The molecule has 1 aromatic heterocycles. The summed E-state index contributed by atoms with van der Waals surface area (Å²) in [5.41, 5.74) is 1.08. The predicted molar refractivity (Wildman–Crippen MR) is 142 cm³/mol. The van der Waals surface area contributed by atoms with Crippen LogP contribution in [0.25, 0.3) is 0 Å². The van der Waals surface area contributed by atoms with E-state index < -0.39 is 0 Å². The number of hydrogen-bond acceptors (Lipinski definition) is 5. The highest BCUT2D eigenvalue weighted by molar-refractivity contribution is 14.0. The van der Waals surface area contributed by atoms with Crippen LogP contribution < -0.4 is 15.5 Å². The van der Waals surface area contributed by atoms with E-state index >= 15 is 0 Å². The zero-order valence-corrected chi connectivity index (χ0v) is 21.9. The molecule has 2 heterocycles. The number of rotatable bonds is 9. The van der Waals surface area contributed by atoms with Gasteiger partial charge in [0.05, 0.1) is 19.3 Å². The van der Waals surface area contributed by atoms with Gasteiger partial charge in [0.25, 0.3) is 0 Å². The summed E-state index contributed by atoms with van der Waals surface area (Å²) in [5.74, 6) is 2.56. The van der Waals surface area contributed by atoms with Crippen LogP contribution in [0, 0.1) is 5.82 Å². The Labute approximate surface area is 211 Å². The first-order valence-electron chi connectivity index (χ1n) is 10.9. The Hall–Kier alpha value is -1.59. The molecule has 0 saturated carbocycles. The van der Waals surface area contributed by atoms with Crippen molar-refractivity contribution in [1.82, 2.24) is 15.6 Å². The Kier molecular flexibility index (Phi) is 12.1. The van der Waals surface area contributed by atoms with Crippen molar-refractivity contribution in [3.05, 3.63) is 54.0 Å². The Balaban J connectivity index is 0.00000363. The number of aliphatic imine (C=N–C) groups is 1. The quantitative estimate of drug-likeness (QED) is 0.154. The molecule has 176 valence electrons. The molecule has 2 N–H and O–H groups in total. The van der Waals surface area contributed by atoms with Crippen LogP contribution in [0.5, 0.6) is 0 Å². The van der Waals surface area contributed by atoms with Crippen molar-refractivity contribution in [3.63, 3.8) is 0 Å². The SMILES string of the molecule is CCNC(=NCc1ccc(N2CCOC(C)C2)nc1)NCCCSc1ccc(F)cc1.I. The topological polar surface area (TPSA) is 61.8 Å². The molecule has 1 unspecified atom stereocenters. The van der Waals surface area contributed by atoms with Crippen LogP contribution in [0.2, 0.25) is 0 Å². The largest absolute Gasteiger partial charge is 0.375 e. The second kappa shape index (κ2) is 14.5. The van der Waals surface area contributed by atoms with Crippen LogP contribution >= 0.6 is 35.7 Å². The van der Waals surface area contributed by atoms with Crippen molar-refractivity contribution in [2.75, 3.05) is 43.4 Å². The first kappa shape index (κ1) is 26.7. The van der Waals surface area contributed by atoms with E-state index in [1.165, 1.54) is 12.1 Å². The average Bonchev–Trinajstić information content (AvgIpc) is 2.79. The Morgan fingerprint density at radius 2 is 2.06 bits per heavy atom. The molecule has 0 spiro atoms. The zero-order chi connectivity index (χ0) is 21.9. The van der Waals surface area contributed by atoms with Crippen molar-refractivity contribution < 1.29 is 9.13 Å². The standard InChI is InChI=1S/C23H32FN5OS.HI/c1-3-25-23(26-11-4-14-31-21-8-6-20(24)7-9-21)28-16-19-5-10-22(27-15-19)29-12-13-30-18(2)17-29;/h5-10,15,18H,3-4,11-14,16-17H2,1-2H3,(H2,25,26,28);1H. The number of nitrogens with zero attached hydrogens (tertiary/aromatic N) is 3. The molecule has 0 radical (unpaired) electrons. The van der Waals surface area contributed by atoms with E-state index in [2.05, 4.69) is 51.5 Å². The van der Waals surface area contributed by atoms with Gasteiger partial charge in [-0.15, -0.1) is 35.7 Å². The molecule has 32 heavy (non-hydrogen) atoms. The van der Waals surface area contributed by atoms with Crippen LogP contribution in [0.1, 0.15) is 25.8 Å². The summed E-state index contributed by atoms with van der Waals surface area (Å²) < 4.78 is 18.6. The molecule has 6 nitrogen and oxygen atoms in total. The molecule has 1 fully saturated rings. The summed E-state index contributed by atoms with van der Waals surface area (Å²) in [6.07, 6.45) is 3.13. The van der Waals surface area contributed by atoms with E-state index in [0.717, 1.165) is 67.2 Å². The number of hydrogen-bond donors (Lipinski definition) is 2. The molecule has 9 heteroatoms. The predicted octanol–water partition coefficient (Wildman–Crippen LogP) is 4.30. The summed E-state index contributed by atoms with van der Waals surface area (Å²) in [6.45, 7) is 8.85. The van der Waals surface area contributed by atoms with Crippen molar-refractivity contribution in [3.8, 4) is 0 Å². The number of nitrogens with one attached hydrogen (secondary N) is 2. The number of benzene rings is 1. The summed E-state index contributed by atoms with van der Waals surface area (Å²) in [6, 6.07) is 10.8. The molecule has 0 amide bonds. The third-order valence-corrected chi connectivity index (χ3v) is 5.93. The monoisotopic (exact) mass is 573 g/mol. The summed E-state index contributed by atoms with van der Waals surface area (Å²) in [5, 5.41) is 6.66. The number of anilines is 1. The fourth-order valence-electron chi connectivity index (χ4n) is 3.24. The number of aromatic nitrogens is 1. The van der Waals surface area contributed by atoms with Gasteiger partial charge in [0.2, 0.25) is 0 Å². The van der Waals surface area contributed by atoms with Crippen molar-refractivity contribution in [1.29, 1.82) is 0 Å². The van der Waals surface area contributed by atoms with E-state index in [0.29, 0.717) is 6.54 Å². The molecule has 0 aliphatic carbocycles. The van der Waals surface area contributed by atoms with Crippen LogP contribution in [-0.4, -0.2) is 55.6 Å². The van der Waals surface area contributed by atoms with Crippen LogP contribution in [0.3, 0.4) is 0 Å². The third kappa shape index (κ3) is 9.11. The van der Waals surface area contributed by atoms with E-state index in [4.69, 9.17) is 4.74 Å². The average molecular weight is 574 g/mol. The molecule has 1 atom stereocenters.